The number of hydrogen-bond acceptors (Lipinski definition) is 3. The van der Waals surface area contributed by atoms with Gasteiger partial charge in [0.05, 0.1) is 11.6 Å². The number of carbonyl (C=O) groups excluding carboxylic acids is 1. The van der Waals surface area contributed by atoms with E-state index in [9.17, 15) is 9.59 Å². The van der Waals surface area contributed by atoms with Crippen molar-refractivity contribution in [3.05, 3.63) is 81.8 Å². The number of nitrogens with one attached hydrogen (secondary N) is 2. The number of pyridine rings is 1. The Morgan fingerprint density at radius 3 is 2.78 bits per heavy atom. The normalized spacial score (nSPS) is 10.2. The van der Waals surface area contributed by atoms with Gasteiger partial charge >= 0.3 is 0 Å². The summed E-state index contributed by atoms with van der Waals surface area (Å²) in [7, 11) is 0. The number of benzene rings is 2. The second kappa shape index (κ2) is 6.16. The lowest BCUT2D eigenvalue weighted by Gasteiger charge is -2.06. The maximum absolute atomic E-state index is 12.2. The van der Waals surface area contributed by atoms with E-state index in [2.05, 4.69) is 16.4 Å². The average molecular weight is 303 g/mol. The van der Waals surface area contributed by atoms with Crippen molar-refractivity contribution >= 4 is 16.7 Å². The van der Waals surface area contributed by atoms with E-state index in [0.717, 1.165) is 5.56 Å². The molecule has 0 saturated heterocycles. The molecule has 1 heterocycles. The highest BCUT2D eigenvalue weighted by Crippen LogP contribution is 2.10. The summed E-state index contributed by atoms with van der Waals surface area (Å²) < 4.78 is 0. The molecule has 0 fully saturated rings. The van der Waals surface area contributed by atoms with Gasteiger partial charge in [-0.05, 0) is 35.2 Å². The lowest BCUT2D eigenvalue weighted by atomic mass is 10.1. The number of rotatable bonds is 3. The van der Waals surface area contributed by atoms with Crippen molar-refractivity contribution in [2.45, 2.75) is 6.54 Å². The Morgan fingerprint density at radius 2 is 1.96 bits per heavy atom. The summed E-state index contributed by atoms with van der Waals surface area (Å²) in [6.07, 6.45) is 0. The average Bonchev–Trinajstić information content (AvgIpc) is 2.60. The Bertz CT molecular complexity index is 983. The molecule has 3 aromatic rings. The van der Waals surface area contributed by atoms with E-state index in [1.807, 2.05) is 12.1 Å². The van der Waals surface area contributed by atoms with Crippen LogP contribution >= 0.6 is 0 Å². The highest BCUT2D eigenvalue weighted by atomic mass is 16.2. The van der Waals surface area contributed by atoms with Gasteiger partial charge in [0, 0.05) is 11.9 Å². The molecule has 5 nitrogen and oxygen atoms in total. The second-order valence-corrected chi connectivity index (χ2v) is 5.09. The van der Waals surface area contributed by atoms with Crippen LogP contribution in [0.25, 0.3) is 10.8 Å². The predicted molar refractivity (Wildman–Crippen MR) is 86.9 cm³/mol. The molecule has 2 N–H and O–H groups in total. The first-order valence-electron chi connectivity index (χ1n) is 7.07. The van der Waals surface area contributed by atoms with E-state index in [0.29, 0.717) is 16.3 Å². The van der Waals surface area contributed by atoms with Crippen LogP contribution in [0.15, 0.2) is 59.4 Å². The van der Waals surface area contributed by atoms with Gasteiger partial charge < -0.3 is 10.3 Å². The highest BCUT2D eigenvalue weighted by Gasteiger charge is 2.09. The Morgan fingerprint density at radius 1 is 1.13 bits per heavy atom. The van der Waals surface area contributed by atoms with Crippen molar-refractivity contribution in [1.29, 1.82) is 5.26 Å². The Kier molecular flexibility index (Phi) is 3.89. The van der Waals surface area contributed by atoms with Gasteiger partial charge in [-0.15, -0.1) is 0 Å². The van der Waals surface area contributed by atoms with Gasteiger partial charge in [-0.2, -0.15) is 5.26 Å². The summed E-state index contributed by atoms with van der Waals surface area (Å²) in [5.74, 6) is -0.366. The fourth-order valence-electron chi connectivity index (χ4n) is 2.36. The van der Waals surface area contributed by atoms with Gasteiger partial charge in [0.15, 0.2) is 0 Å². The molecule has 0 aliphatic rings. The van der Waals surface area contributed by atoms with Gasteiger partial charge in [-0.1, -0.05) is 30.3 Å². The van der Waals surface area contributed by atoms with E-state index in [-0.39, 0.29) is 23.7 Å². The summed E-state index contributed by atoms with van der Waals surface area (Å²) in [6, 6.07) is 17.8. The molecule has 0 saturated carbocycles. The lowest BCUT2D eigenvalue weighted by molar-refractivity contribution is 0.0946. The quantitative estimate of drug-likeness (QED) is 0.778. The third-order valence-electron chi connectivity index (χ3n) is 3.51. The standard InChI is InChI=1S/C18H13N3O2/c19-10-12-4-3-5-13(8-12)11-20-18(23)16-9-14-6-1-2-7-15(14)17(22)21-16/h1-9H,11H2,(H,20,23)(H,21,22). The van der Waals surface area contributed by atoms with Gasteiger partial charge in [-0.3, -0.25) is 9.59 Å². The number of aromatic nitrogens is 1. The van der Waals surface area contributed by atoms with Gasteiger partial charge in [0.1, 0.15) is 5.69 Å². The summed E-state index contributed by atoms with van der Waals surface area (Å²) in [5.41, 5.74) is 1.28. The zero-order valence-electron chi connectivity index (χ0n) is 12.2. The third kappa shape index (κ3) is 3.11. The maximum Gasteiger partial charge on any atom is 0.268 e. The summed E-state index contributed by atoms with van der Waals surface area (Å²) in [5, 5.41) is 12.9. The monoisotopic (exact) mass is 303 g/mol. The van der Waals surface area contributed by atoms with E-state index < -0.39 is 0 Å². The fraction of sp³-hybridized carbons (Fsp3) is 0.0556. The molecule has 0 radical (unpaired) electrons. The van der Waals surface area contributed by atoms with Crippen LogP contribution in [0, 0.1) is 11.3 Å². The Balaban J connectivity index is 1.81. The minimum atomic E-state index is -0.366. The summed E-state index contributed by atoms with van der Waals surface area (Å²) in [6.45, 7) is 0.281. The van der Waals surface area contributed by atoms with Gasteiger partial charge in [0.2, 0.25) is 0 Å². The van der Waals surface area contributed by atoms with E-state index in [1.165, 1.54) is 0 Å². The van der Waals surface area contributed by atoms with Crippen molar-refractivity contribution in [1.82, 2.24) is 10.3 Å². The van der Waals surface area contributed by atoms with Crippen molar-refractivity contribution in [2.75, 3.05) is 0 Å². The molecule has 0 aliphatic heterocycles. The number of fused-ring (bicyclic) bond motifs is 1. The summed E-state index contributed by atoms with van der Waals surface area (Å²) in [4.78, 5) is 26.8. The summed E-state index contributed by atoms with van der Waals surface area (Å²) >= 11 is 0. The van der Waals surface area contributed by atoms with Crippen molar-refractivity contribution in [3.63, 3.8) is 0 Å². The third-order valence-corrected chi connectivity index (χ3v) is 3.51. The number of nitriles is 1. The molecule has 112 valence electrons. The van der Waals surface area contributed by atoms with E-state index in [1.54, 1.807) is 42.5 Å². The molecular formula is C18H13N3O2. The molecule has 2 aromatic carbocycles. The van der Waals surface area contributed by atoms with E-state index >= 15 is 0 Å². The molecule has 1 aromatic heterocycles. The second-order valence-electron chi connectivity index (χ2n) is 5.09. The minimum Gasteiger partial charge on any atom is -0.347 e. The first-order valence-corrected chi connectivity index (χ1v) is 7.07. The lowest BCUT2D eigenvalue weighted by Crippen LogP contribution is -2.26. The zero-order chi connectivity index (χ0) is 16.2. The van der Waals surface area contributed by atoms with Gasteiger partial charge in [0.25, 0.3) is 11.5 Å². The first-order chi connectivity index (χ1) is 11.2. The predicted octanol–water partition coefficient (Wildman–Crippen LogP) is 2.33. The number of amides is 1. The molecule has 0 atom stereocenters. The van der Waals surface area contributed by atoms with Crippen LogP contribution in [0.3, 0.4) is 0 Å². The molecule has 1 amide bonds. The van der Waals surface area contributed by atoms with Crippen LogP contribution in [-0.2, 0) is 6.54 Å². The molecule has 23 heavy (non-hydrogen) atoms. The Hall–Kier alpha value is -3.39. The number of nitrogens with zero attached hydrogens (tertiary/aromatic N) is 1. The molecule has 0 bridgehead atoms. The first kappa shape index (κ1) is 14.5. The molecule has 3 rings (SSSR count). The van der Waals surface area contributed by atoms with Crippen molar-refractivity contribution in [3.8, 4) is 6.07 Å². The van der Waals surface area contributed by atoms with Crippen LogP contribution in [0.4, 0.5) is 0 Å². The smallest absolute Gasteiger partial charge is 0.268 e. The largest absolute Gasteiger partial charge is 0.347 e. The Labute approximate surface area is 132 Å². The molecule has 0 aliphatic carbocycles. The van der Waals surface area contributed by atoms with Crippen LogP contribution in [0.2, 0.25) is 0 Å². The number of hydrogen-bond donors (Lipinski definition) is 2. The van der Waals surface area contributed by atoms with Crippen molar-refractivity contribution < 1.29 is 4.79 Å². The molecule has 5 heteroatoms. The molecule has 0 unspecified atom stereocenters. The SMILES string of the molecule is N#Cc1cccc(CNC(=O)c2cc3ccccc3c(=O)[nH]2)c1. The molecular weight excluding hydrogens is 290 g/mol. The van der Waals surface area contributed by atoms with Crippen LogP contribution in [0.1, 0.15) is 21.6 Å². The zero-order valence-corrected chi connectivity index (χ0v) is 12.2. The van der Waals surface area contributed by atoms with Crippen LogP contribution in [-0.4, -0.2) is 10.9 Å². The van der Waals surface area contributed by atoms with E-state index in [4.69, 9.17) is 5.26 Å². The topological polar surface area (TPSA) is 85.8 Å². The number of carbonyl (C=O) groups is 1. The van der Waals surface area contributed by atoms with Gasteiger partial charge in [-0.25, -0.2) is 0 Å². The van der Waals surface area contributed by atoms with Crippen molar-refractivity contribution in [2.24, 2.45) is 0 Å². The number of aromatic amines is 1. The fourth-order valence-corrected chi connectivity index (χ4v) is 2.36. The van der Waals surface area contributed by atoms with Crippen LogP contribution < -0.4 is 10.9 Å². The minimum absolute atomic E-state index is 0.213. The number of H-pyrrole nitrogens is 1. The molecule has 0 spiro atoms. The highest BCUT2D eigenvalue weighted by molar-refractivity contribution is 5.96. The van der Waals surface area contributed by atoms with Crippen LogP contribution in [0.5, 0.6) is 0 Å². The maximum atomic E-state index is 12.2.